The van der Waals surface area contributed by atoms with Gasteiger partial charge in [-0.1, -0.05) is 11.6 Å². The zero-order chi connectivity index (χ0) is 15.9. The first kappa shape index (κ1) is 17.1. The monoisotopic (exact) mass is 323 g/mol. The van der Waals surface area contributed by atoms with Gasteiger partial charge in [0.2, 0.25) is 0 Å². The summed E-state index contributed by atoms with van der Waals surface area (Å²) in [5, 5.41) is 7.70. The standard InChI is InChI=1S/C17H26ClN3O/c1-4-22-13-20(3)17-9-8-15(18)12-16(17)14(2)19-21-10-6-5-7-11-21/h8-9,12H,4-7,10-11,13H2,1-3H3/b19-14+. The predicted molar refractivity (Wildman–Crippen MR) is 94.0 cm³/mol. The molecule has 0 radical (unpaired) electrons. The maximum atomic E-state index is 6.19. The van der Waals surface area contributed by atoms with Crippen LogP contribution in [0.5, 0.6) is 0 Å². The molecule has 2 rings (SSSR count). The van der Waals surface area contributed by atoms with Crippen LogP contribution in [0.15, 0.2) is 23.3 Å². The Balaban J connectivity index is 2.23. The van der Waals surface area contributed by atoms with Crippen LogP contribution in [0, 0.1) is 0 Å². The Bertz CT molecular complexity index is 513. The molecule has 122 valence electrons. The second kappa shape index (κ2) is 8.39. The van der Waals surface area contributed by atoms with Crippen LogP contribution in [-0.2, 0) is 4.74 Å². The van der Waals surface area contributed by atoms with Crippen molar-refractivity contribution in [1.82, 2.24) is 5.01 Å². The van der Waals surface area contributed by atoms with Gasteiger partial charge in [-0.25, -0.2) is 0 Å². The summed E-state index contributed by atoms with van der Waals surface area (Å²) in [6.07, 6.45) is 3.76. The van der Waals surface area contributed by atoms with Crippen molar-refractivity contribution in [3.8, 4) is 0 Å². The molecular weight excluding hydrogens is 298 g/mol. The Morgan fingerprint density at radius 3 is 2.73 bits per heavy atom. The molecule has 1 aliphatic heterocycles. The highest BCUT2D eigenvalue weighted by Crippen LogP contribution is 2.25. The minimum absolute atomic E-state index is 0.558. The van der Waals surface area contributed by atoms with Gasteiger partial charge in [0.1, 0.15) is 6.73 Å². The van der Waals surface area contributed by atoms with Gasteiger partial charge < -0.3 is 9.64 Å². The average molecular weight is 324 g/mol. The maximum Gasteiger partial charge on any atom is 0.118 e. The molecule has 22 heavy (non-hydrogen) atoms. The van der Waals surface area contributed by atoms with E-state index in [9.17, 15) is 0 Å². The first-order valence-electron chi connectivity index (χ1n) is 8.00. The quantitative estimate of drug-likeness (QED) is 0.585. The van der Waals surface area contributed by atoms with Crippen molar-refractivity contribution in [3.05, 3.63) is 28.8 Å². The predicted octanol–water partition coefficient (Wildman–Crippen LogP) is 3.98. The van der Waals surface area contributed by atoms with Crippen LogP contribution in [0.2, 0.25) is 5.02 Å². The maximum absolute atomic E-state index is 6.19. The lowest BCUT2D eigenvalue weighted by Crippen LogP contribution is -2.27. The molecule has 1 fully saturated rings. The van der Waals surface area contributed by atoms with Gasteiger partial charge in [-0.05, 0) is 51.3 Å². The Morgan fingerprint density at radius 1 is 1.32 bits per heavy atom. The Labute approximate surface area is 138 Å². The third kappa shape index (κ3) is 4.62. The fourth-order valence-electron chi connectivity index (χ4n) is 2.67. The van der Waals surface area contributed by atoms with Crippen LogP contribution in [0.4, 0.5) is 5.69 Å². The van der Waals surface area contributed by atoms with Crippen LogP contribution in [0.25, 0.3) is 0 Å². The summed E-state index contributed by atoms with van der Waals surface area (Å²) in [7, 11) is 2.02. The summed E-state index contributed by atoms with van der Waals surface area (Å²) in [4.78, 5) is 2.09. The lowest BCUT2D eigenvalue weighted by atomic mass is 10.1. The highest BCUT2D eigenvalue weighted by Gasteiger charge is 2.13. The molecular formula is C17H26ClN3O. The van der Waals surface area contributed by atoms with Crippen molar-refractivity contribution in [1.29, 1.82) is 0 Å². The number of hydrogen-bond donors (Lipinski definition) is 0. The smallest absolute Gasteiger partial charge is 0.118 e. The summed E-state index contributed by atoms with van der Waals surface area (Å²) in [6, 6.07) is 5.94. The van der Waals surface area contributed by atoms with Crippen LogP contribution in [0.1, 0.15) is 38.7 Å². The van der Waals surface area contributed by atoms with Crippen molar-refractivity contribution in [2.45, 2.75) is 33.1 Å². The van der Waals surface area contributed by atoms with Crippen LogP contribution >= 0.6 is 11.6 Å². The minimum atomic E-state index is 0.558. The van der Waals surface area contributed by atoms with Crippen LogP contribution in [-0.4, -0.2) is 44.2 Å². The fourth-order valence-corrected chi connectivity index (χ4v) is 2.84. The van der Waals surface area contributed by atoms with E-state index < -0.39 is 0 Å². The Hall–Kier alpha value is -1.26. The van der Waals surface area contributed by atoms with Gasteiger partial charge in [0.25, 0.3) is 0 Å². The SMILES string of the molecule is CCOCN(C)c1ccc(Cl)cc1/C(C)=N/N1CCCCC1. The summed E-state index contributed by atoms with van der Waals surface area (Å²) in [6.45, 7) is 7.40. The number of anilines is 1. The number of nitrogens with zero attached hydrogens (tertiary/aromatic N) is 3. The van der Waals surface area contributed by atoms with Crippen molar-refractivity contribution >= 4 is 23.0 Å². The number of hydrogen-bond acceptors (Lipinski definition) is 4. The van der Waals surface area contributed by atoms with E-state index in [1.807, 2.05) is 32.2 Å². The minimum Gasteiger partial charge on any atom is -0.361 e. The molecule has 1 aromatic rings. The van der Waals surface area contributed by atoms with E-state index in [2.05, 4.69) is 16.8 Å². The van der Waals surface area contributed by atoms with Crippen LogP contribution < -0.4 is 4.90 Å². The van der Waals surface area contributed by atoms with E-state index in [-0.39, 0.29) is 0 Å². The average Bonchev–Trinajstić information content (AvgIpc) is 2.53. The molecule has 0 amide bonds. The first-order valence-corrected chi connectivity index (χ1v) is 8.38. The molecule has 1 aromatic carbocycles. The van der Waals surface area contributed by atoms with Gasteiger partial charge in [0.05, 0.1) is 5.71 Å². The molecule has 0 aliphatic carbocycles. The van der Waals surface area contributed by atoms with Crippen molar-refractivity contribution in [2.24, 2.45) is 5.10 Å². The molecule has 0 spiro atoms. The summed E-state index contributed by atoms with van der Waals surface area (Å²) >= 11 is 6.19. The van der Waals surface area contributed by atoms with Gasteiger partial charge in [0, 0.05) is 43.0 Å². The molecule has 1 heterocycles. The lowest BCUT2D eigenvalue weighted by molar-refractivity contribution is 0.151. The molecule has 0 bridgehead atoms. The summed E-state index contributed by atoms with van der Waals surface area (Å²) in [5.74, 6) is 0. The van der Waals surface area contributed by atoms with Crippen molar-refractivity contribution in [2.75, 3.05) is 38.4 Å². The third-order valence-corrected chi connectivity index (χ3v) is 4.11. The second-order valence-electron chi connectivity index (χ2n) is 5.68. The Kier molecular flexibility index (Phi) is 6.52. The molecule has 0 saturated carbocycles. The number of rotatable bonds is 6. The number of halogens is 1. The molecule has 4 nitrogen and oxygen atoms in total. The van der Waals surface area contributed by atoms with Crippen molar-refractivity contribution < 1.29 is 4.74 Å². The zero-order valence-electron chi connectivity index (χ0n) is 13.8. The van der Waals surface area contributed by atoms with E-state index in [1.54, 1.807) is 0 Å². The zero-order valence-corrected chi connectivity index (χ0v) is 14.6. The number of hydrazone groups is 1. The summed E-state index contributed by atoms with van der Waals surface area (Å²) < 4.78 is 5.51. The molecule has 1 saturated heterocycles. The molecule has 1 aliphatic rings. The second-order valence-corrected chi connectivity index (χ2v) is 6.12. The first-order chi connectivity index (χ1) is 10.6. The van der Waals surface area contributed by atoms with Gasteiger partial charge >= 0.3 is 0 Å². The molecule has 0 N–H and O–H groups in total. The highest BCUT2D eigenvalue weighted by molar-refractivity contribution is 6.31. The van der Waals surface area contributed by atoms with Crippen molar-refractivity contribution in [3.63, 3.8) is 0 Å². The topological polar surface area (TPSA) is 28.1 Å². The van der Waals surface area contributed by atoms with E-state index >= 15 is 0 Å². The van der Waals surface area contributed by atoms with E-state index in [4.69, 9.17) is 21.4 Å². The summed E-state index contributed by atoms with van der Waals surface area (Å²) in [5.41, 5.74) is 3.17. The van der Waals surface area contributed by atoms with Crippen LogP contribution in [0.3, 0.4) is 0 Å². The van der Waals surface area contributed by atoms with Gasteiger partial charge in [0.15, 0.2) is 0 Å². The van der Waals surface area contributed by atoms with E-state index in [0.717, 1.165) is 35.1 Å². The molecule has 0 aromatic heterocycles. The van der Waals surface area contributed by atoms with Gasteiger partial charge in [-0.3, -0.25) is 5.01 Å². The highest BCUT2D eigenvalue weighted by atomic mass is 35.5. The lowest BCUT2D eigenvalue weighted by Gasteiger charge is -2.26. The normalized spacial score (nSPS) is 16.0. The number of piperidine rings is 1. The largest absolute Gasteiger partial charge is 0.361 e. The van der Waals surface area contributed by atoms with Gasteiger partial charge in [-0.2, -0.15) is 5.10 Å². The number of benzene rings is 1. The number of ether oxygens (including phenoxy) is 1. The molecule has 0 atom stereocenters. The third-order valence-electron chi connectivity index (χ3n) is 3.87. The fraction of sp³-hybridized carbons (Fsp3) is 0.588. The Morgan fingerprint density at radius 2 is 2.05 bits per heavy atom. The van der Waals surface area contributed by atoms with E-state index in [1.165, 1.54) is 19.3 Å². The van der Waals surface area contributed by atoms with Gasteiger partial charge in [-0.15, -0.1) is 0 Å². The molecule has 5 heteroatoms. The van der Waals surface area contributed by atoms with E-state index in [0.29, 0.717) is 13.3 Å². The molecule has 0 unspecified atom stereocenters.